The Labute approximate surface area is 190 Å². The Hall–Kier alpha value is -3.08. The van der Waals surface area contributed by atoms with Gasteiger partial charge in [-0.1, -0.05) is 49.9 Å². The molecule has 0 atom stereocenters. The van der Waals surface area contributed by atoms with Gasteiger partial charge in [0.15, 0.2) is 5.76 Å². The quantitative estimate of drug-likeness (QED) is 0.381. The molecule has 0 fully saturated rings. The molecule has 32 heavy (non-hydrogen) atoms. The number of methoxy groups -OCH3 is 1. The van der Waals surface area contributed by atoms with Gasteiger partial charge in [-0.2, -0.15) is 0 Å². The molecule has 168 valence electrons. The summed E-state index contributed by atoms with van der Waals surface area (Å²) in [4.78, 5) is 12.5. The lowest BCUT2D eigenvalue weighted by molar-refractivity contribution is -0.116. The van der Waals surface area contributed by atoms with E-state index in [0.717, 1.165) is 70.8 Å². The van der Waals surface area contributed by atoms with Crippen LogP contribution in [0, 0.1) is 6.92 Å². The fourth-order valence-corrected chi connectivity index (χ4v) is 4.37. The van der Waals surface area contributed by atoms with Gasteiger partial charge < -0.3 is 14.6 Å². The highest BCUT2D eigenvalue weighted by Crippen LogP contribution is 2.40. The van der Waals surface area contributed by atoms with Crippen LogP contribution in [0.4, 0.5) is 5.69 Å². The van der Waals surface area contributed by atoms with E-state index in [-0.39, 0.29) is 5.91 Å². The van der Waals surface area contributed by atoms with E-state index in [1.54, 1.807) is 7.11 Å². The second-order valence-corrected chi connectivity index (χ2v) is 8.60. The van der Waals surface area contributed by atoms with Crippen LogP contribution in [0.1, 0.15) is 62.1 Å². The van der Waals surface area contributed by atoms with E-state index in [0.29, 0.717) is 6.42 Å². The van der Waals surface area contributed by atoms with E-state index >= 15 is 0 Å². The number of nitrogens with zero attached hydrogens (tertiary/aromatic N) is 1. The SMILES string of the molecule is CCCCCCCC(=O)Nc1cc(-c2onc3c2CCc2cc(OC)ccc2-3)ccc1C. The number of hydrogen-bond acceptors (Lipinski definition) is 4. The Morgan fingerprint density at radius 1 is 1.09 bits per heavy atom. The zero-order chi connectivity index (χ0) is 22.5. The predicted octanol–water partition coefficient (Wildman–Crippen LogP) is 6.72. The molecule has 2 aromatic carbocycles. The fourth-order valence-electron chi connectivity index (χ4n) is 4.37. The molecule has 5 heteroatoms. The van der Waals surface area contributed by atoms with E-state index in [2.05, 4.69) is 29.5 Å². The summed E-state index contributed by atoms with van der Waals surface area (Å²) in [6.07, 6.45) is 8.03. The number of rotatable bonds is 9. The first-order chi connectivity index (χ1) is 15.6. The van der Waals surface area contributed by atoms with Crippen LogP contribution in [0.15, 0.2) is 40.9 Å². The highest BCUT2D eigenvalue weighted by atomic mass is 16.5. The summed E-state index contributed by atoms with van der Waals surface area (Å²) < 4.78 is 11.2. The van der Waals surface area contributed by atoms with Crippen molar-refractivity contribution >= 4 is 11.6 Å². The Bertz CT molecular complexity index is 1100. The molecule has 0 aliphatic heterocycles. The normalized spacial score (nSPS) is 12.2. The van der Waals surface area contributed by atoms with Gasteiger partial charge in [-0.15, -0.1) is 0 Å². The van der Waals surface area contributed by atoms with Crippen LogP contribution in [-0.2, 0) is 17.6 Å². The minimum Gasteiger partial charge on any atom is -0.497 e. The van der Waals surface area contributed by atoms with Crippen molar-refractivity contribution in [3.63, 3.8) is 0 Å². The van der Waals surface area contributed by atoms with Crippen molar-refractivity contribution in [3.05, 3.63) is 53.1 Å². The van der Waals surface area contributed by atoms with Crippen LogP contribution in [-0.4, -0.2) is 18.2 Å². The van der Waals surface area contributed by atoms with E-state index in [9.17, 15) is 4.79 Å². The maximum Gasteiger partial charge on any atom is 0.224 e. The first-order valence-corrected chi connectivity index (χ1v) is 11.7. The highest BCUT2D eigenvalue weighted by molar-refractivity contribution is 5.92. The van der Waals surface area contributed by atoms with Crippen LogP contribution in [0.25, 0.3) is 22.6 Å². The lowest BCUT2D eigenvalue weighted by Crippen LogP contribution is -2.12. The van der Waals surface area contributed by atoms with E-state index in [1.165, 1.54) is 24.8 Å². The average molecular weight is 433 g/mol. The topological polar surface area (TPSA) is 64.4 Å². The van der Waals surface area contributed by atoms with Crippen LogP contribution < -0.4 is 10.1 Å². The molecule has 0 saturated carbocycles. The number of benzene rings is 2. The average Bonchev–Trinajstić information content (AvgIpc) is 3.24. The van der Waals surface area contributed by atoms with Gasteiger partial charge in [0, 0.05) is 28.8 Å². The van der Waals surface area contributed by atoms with Crippen molar-refractivity contribution in [1.82, 2.24) is 5.16 Å². The molecule has 4 rings (SSSR count). The van der Waals surface area contributed by atoms with Crippen molar-refractivity contribution in [2.24, 2.45) is 0 Å². The molecule has 1 heterocycles. The molecule has 0 radical (unpaired) electrons. The Balaban J connectivity index is 1.52. The van der Waals surface area contributed by atoms with Gasteiger partial charge in [0.2, 0.25) is 5.91 Å². The number of hydrogen-bond donors (Lipinski definition) is 1. The molecule has 1 aromatic heterocycles. The number of carbonyl (C=O) groups excluding carboxylic acids is 1. The molecule has 0 saturated heterocycles. The smallest absolute Gasteiger partial charge is 0.224 e. The van der Waals surface area contributed by atoms with Gasteiger partial charge in [-0.3, -0.25) is 4.79 Å². The number of unbranched alkanes of at least 4 members (excludes halogenated alkanes) is 4. The minimum atomic E-state index is 0.0734. The van der Waals surface area contributed by atoms with Crippen LogP contribution in [0.3, 0.4) is 0 Å². The molecule has 0 unspecified atom stereocenters. The van der Waals surface area contributed by atoms with Gasteiger partial charge >= 0.3 is 0 Å². The fraction of sp³-hybridized carbons (Fsp3) is 0.407. The third-order valence-electron chi connectivity index (χ3n) is 6.28. The molecular formula is C27H32N2O3. The number of ether oxygens (including phenoxy) is 1. The first kappa shape index (κ1) is 22.1. The molecule has 1 N–H and O–H groups in total. The van der Waals surface area contributed by atoms with Gasteiger partial charge in [0.25, 0.3) is 0 Å². The Morgan fingerprint density at radius 2 is 1.94 bits per heavy atom. The van der Waals surface area contributed by atoms with Gasteiger partial charge in [0.05, 0.1) is 7.11 Å². The summed E-state index contributed by atoms with van der Waals surface area (Å²) in [6, 6.07) is 12.2. The zero-order valence-electron chi connectivity index (χ0n) is 19.3. The van der Waals surface area contributed by atoms with Crippen molar-refractivity contribution < 1.29 is 14.1 Å². The third kappa shape index (κ3) is 4.72. The predicted molar refractivity (Wildman–Crippen MR) is 128 cm³/mol. The number of amides is 1. The zero-order valence-corrected chi connectivity index (χ0v) is 19.3. The standard InChI is InChI=1S/C27H32N2O3/c1-4-5-6-7-8-9-25(30)28-24-17-20(11-10-18(24)2)27-23-14-12-19-16-21(31-3)13-15-22(19)26(23)29-32-27/h10-11,13,15-17H,4-9,12,14H2,1-3H3,(H,28,30). The highest BCUT2D eigenvalue weighted by Gasteiger charge is 2.25. The summed E-state index contributed by atoms with van der Waals surface area (Å²) in [5, 5.41) is 7.50. The van der Waals surface area contributed by atoms with Crippen LogP contribution in [0.2, 0.25) is 0 Å². The molecular weight excluding hydrogens is 400 g/mol. The number of fused-ring (bicyclic) bond motifs is 3. The van der Waals surface area contributed by atoms with Crippen molar-refractivity contribution in [2.75, 3.05) is 12.4 Å². The second-order valence-electron chi connectivity index (χ2n) is 8.60. The van der Waals surface area contributed by atoms with Crippen LogP contribution >= 0.6 is 0 Å². The number of aromatic nitrogens is 1. The molecule has 5 nitrogen and oxygen atoms in total. The molecule has 3 aromatic rings. The lowest BCUT2D eigenvalue weighted by atomic mass is 9.88. The maximum atomic E-state index is 12.5. The van der Waals surface area contributed by atoms with Crippen molar-refractivity contribution in [3.8, 4) is 28.3 Å². The summed E-state index contributed by atoms with van der Waals surface area (Å²) in [6.45, 7) is 4.21. The van der Waals surface area contributed by atoms with Gasteiger partial charge in [-0.05, 0) is 61.6 Å². The van der Waals surface area contributed by atoms with Crippen molar-refractivity contribution in [1.29, 1.82) is 0 Å². The molecule has 0 bridgehead atoms. The van der Waals surface area contributed by atoms with Crippen LogP contribution in [0.5, 0.6) is 5.75 Å². The number of aryl methyl sites for hydroxylation is 2. The second kappa shape index (κ2) is 10.0. The molecule has 1 aliphatic carbocycles. The van der Waals surface area contributed by atoms with Gasteiger partial charge in [0.1, 0.15) is 11.4 Å². The minimum absolute atomic E-state index is 0.0734. The number of carbonyl (C=O) groups is 1. The van der Waals surface area contributed by atoms with Gasteiger partial charge in [-0.25, -0.2) is 0 Å². The molecule has 0 spiro atoms. The van der Waals surface area contributed by atoms with E-state index < -0.39 is 0 Å². The Morgan fingerprint density at radius 3 is 2.75 bits per heavy atom. The maximum absolute atomic E-state index is 12.5. The first-order valence-electron chi connectivity index (χ1n) is 11.7. The third-order valence-corrected chi connectivity index (χ3v) is 6.28. The summed E-state index contributed by atoms with van der Waals surface area (Å²) in [5.41, 5.74) is 7.19. The summed E-state index contributed by atoms with van der Waals surface area (Å²) in [7, 11) is 1.68. The summed E-state index contributed by atoms with van der Waals surface area (Å²) >= 11 is 0. The Kier molecular flexibility index (Phi) is 6.93. The van der Waals surface area contributed by atoms with E-state index in [4.69, 9.17) is 9.26 Å². The number of anilines is 1. The molecule has 1 amide bonds. The van der Waals surface area contributed by atoms with Crippen molar-refractivity contribution in [2.45, 2.75) is 65.2 Å². The lowest BCUT2D eigenvalue weighted by Gasteiger charge is -2.16. The molecule has 1 aliphatic rings. The monoisotopic (exact) mass is 432 g/mol. The van der Waals surface area contributed by atoms with E-state index in [1.807, 2.05) is 31.2 Å². The summed E-state index contributed by atoms with van der Waals surface area (Å²) in [5.74, 6) is 1.72. The number of nitrogens with one attached hydrogen (secondary N) is 1. The largest absolute Gasteiger partial charge is 0.497 e.